The lowest BCUT2D eigenvalue weighted by Crippen LogP contribution is -2.54. The van der Waals surface area contributed by atoms with E-state index in [4.69, 9.17) is 0 Å². The highest BCUT2D eigenvalue weighted by Gasteiger charge is 2.39. The van der Waals surface area contributed by atoms with Gasteiger partial charge in [-0.2, -0.15) is 5.10 Å². The van der Waals surface area contributed by atoms with Crippen molar-refractivity contribution >= 4 is 33.0 Å². The highest BCUT2D eigenvalue weighted by molar-refractivity contribution is 7.16. The molecule has 0 aromatic carbocycles. The van der Waals surface area contributed by atoms with Gasteiger partial charge in [0.1, 0.15) is 22.7 Å². The van der Waals surface area contributed by atoms with Gasteiger partial charge < -0.3 is 10.4 Å². The van der Waals surface area contributed by atoms with E-state index in [-0.39, 0.29) is 30.0 Å². The summed E-state index contributed by atoms with van der Waals surface area (Å²) in [6.07, 6.45) is 1.07. The summed E-state index contributed by atoms with van der Waals surface area (Å²) >= 11 is 1.57. The van der Waals surface area contributed by atoms with Gasteiger partial charge in [0.05, 0.1) is 5.60 Å². The Kier molecular flexibility index (Phi) is 3.92. The summed E-state index contributed by atoms with van der Waals surface area (Å²) < 4.78 is 3.16. The van der Waals surface area contributed by atoms with Gasteiger partial charge in [-0.05, 0) is 37.3 Å². The van der Waals surface area contributed by atoms with Crippen molar-refractivity contribution in [3.8, 4) is 0 Å². The minimum atomic E-state index is -0.700. The molecule has 3 aromatic heterocycles. The molecule has 0 aliphatic heterocycles. The van der Waals surface area contributed by atoms with Crippen molar-refractivity contribution < 1.29 is 9.90 Å². The molecule has 7 nitrogen and oxygen atoms in total. The normalized spacial score (nSPS) is 22.9. The molecule has 0 unspecified atom stereocenters. The standard InChI is InChI=1S/C18H22N4O3S/c1-10(2)15-20-21(9-14(23)19-12-7-18(3,25)8-12)16(24)13-6-11-4-5-26-17(11)22(13)15/h4-6,10,12,25H,7-9H2,1-3H3,(H,19,23). The third kappa shape index (κ3) is 2.83. The molecule has 4 rings (SSSR count). The lowest BCUT2D eigenvalue weighted by atomic mass is 9.77. The number of rotatable bonds is 4. The second-order valence-corrected chi connectivity index (χ2v) is 8.59. The maximum atomic E-state index is 12.8. The highest BCUT2D eigenvalue weighted by atomic mass is 32.1. The molecule has 0 saturated heterocycles. The summed E-state index contributed by atoms with van der Waals surface area (Å²) in [5.74, 6) is 0.607. The minimum absolute atomic E-state index is 0.0415. The fourth-order valence-corrected chi connectivity index (χ4v) is 4.55. The average molecular weight is 374 g/mol. The number of thiophene rings is 1. The molecule has 26 heavy (non-hydrogen) atoms. The Labute approximate surface area is 154 Å². The van der Waals surface area contributed by atoms with Gasteiger partial charge in [0, 0.05) is 17.3 Å². The van der Waals surface area contributed by atoms with E-state index in [9.17, 15) is 14.7 Å². The van der Waals surface area contributed by atoms with E-state index in [0.717, 1.165) is 16.0 Å². The van der Waals surface area contributed by atoms with Gasteiger partial charge in [0.25, 0.3) is 5.56 Å². The zero-order valence-electron chi connectivity index (χ0n) is 15.0. The minimum Gasteiger partial charge on any atom is -0.390 e. The molecule has 0 radical (unpaired) electrons. The summed E-state index contributed by atoms with van der Waals surface area (Å²) in [5.41, 5.74) is -0.424. The van der Waals surface area contributed by atoms with Gasteiger partial charge in [-0.1, -0.05) is 13.8 Å². The Morgan fingerprint density at radius 1 is 1.50 bits per heavy atom. The van der Waals surface area contributed by atoms with Gasteiger partial charge in [0.2, 0.25) is 5.91 Å². The van der Waals surface area contributed by atoms with Crippen LogP contribution in [0.2, 0.25) is 0 Å². The van der Waals surface area contributed by atoms with E-state index in [2.05, 4.69) is 10.4 Å². The van der Waals surface area contributed by atoms with Crippen molar-refractivity contribution in [2.24, 2.45) is 0 Å². The number of aromatic nitrogens is 3. The van der Waals surface area contributed by atoms with E-state index in [1.54, 1.807) is 18.3 Å². The summed E-state index contributed by atoms with van der Waals surface area (Å²) in [4.78, 5) is 26.2. The number of fused-ring (bicyclic) bond motifs is 3. The van der Waals surface area contributed by atoms with Gasteiger partial charge in [0.15, 0.2) is 0 Å². The number of aliphatic hydroxyl groups is 1. The van der Waals surface area contributed by atoms with E-state index in [1.807, 2.05) is 35.8 Å². The maximum absolute atomic E-state index is 12.8. The SMILES string of the molecule is CC(C)c1nn(CC(=O)NC2CC(C)(O)C2)c(=O)c2cc3ccsc3n12. The van der Waals surface area contributed by atoms with Crippen molar-refractivity contribution in [3.63, 3.8) is 0 Å². The first-order chi connectivity index (χ1) is 12.2. The van der Waals surface area contributed by atoms with E-state index >= 15 is 0 Å². The molecule has 8 heteroatoms. The summed E-state index contributed by atoms with van der Waals surface area (Å²) in [5, 5.41) is 20.1. The maximum Gasteiger partial charge on any atom is 0.291 e. The van der Waals surface area contributed by atoms with Gasteiger partial charge in [-0.25, -0.2) is 4.68 Å². The molecule has 0 bridgehead atoms. The zero-order chi connectivity index (χ0) is 18.6. The van der Waals surface area contributed by atoms with Crippen molar-refractivity contribution in [1.29, 1.82) is 0 Å². The van der Waals surface area contributed by atoms with Crippen LogP contribution in [0.15, 0.2) is 22.3 Å². The molecule has 1 amide bonds. The Balaban J connectivity index is 1.68. The fraction of sp³-hybridized carbons (Fsp3) is 0.500. The second-order valence-electron chi connectivity index (χ2n) is 7.69. The average Bonchev–Trinajstić information content (AvgIpc) is 3.09. The first kappa shape index (κ1) is 17.2. The van der Waals surface area contributed by atoms with E-state index in [1.165, 1.54) is 4.68 Å². The number of amides is 1. The number of nitrogens with zero attached hydrogens (tertiary/aromatic N) is 3. The van der Waals surface area contributed by atoms with E-state index in [0.29, 0.717) is 18.4 Å². The number of nitrogens with one attached hydrogen (secondary N) is 1. The number of hydrogen-bond acceptors (Lipinski definition) is 5. The van der Waals surface area contributed by atoms with Crippen LogP contribution in [0.5, 0.6) is 0 Å². The first-order valence-corrected chi connectivity index (χ1v) is 9.64. The Morgan fingerprint density at radius 3 is 2.88 bits per heavy atom. The molecule has 2 N–H and O–H groups in total. The smallest absolute Gasteiger partial charge is 0.291 e. The Hall–Kier alpha value is -2.19. The van der Waals surface area contributed by atoms with Crippen LogP contribution < -0.4 is 10.9 Å². The second kappa shape index (κ2) is 5.92. The van der Waals surface area contributed by atoms with Gasteiger partial charge >= 0.3 is 0 Å². The lowest BCUT2D eigenvalue weighted by Gasteiger charge is -2.41. The van der Waals surface area contributed by atoms with E-state index < -0.39 is 5.60 Å². The fourth-order valence-electron chi connectivity index (χ4n) is 3.65. The van der Waals surface area contributed by atoms with Crippen LogP contribution in [0.25, 0.3) is 15.7 Å². The van der Waals surface area contributed by atoms with Crippen LogP contribution in [0.3, 0.4) is 0 Å². The van der Waals surface area contributed by atoms with Gasteiger partial charge in [-0.3, -0.25) is 14.0 Å². The molecule has 1 aliphatic rings. The molecule has 1 saturated carbocycles. The van der Waals surface area contributed by atoms with Crippen molar-refractivity contribution in [3.05, 3.63) is 33.7 Å². The van der Waals surface area contributed by atoms with Crippen LogP contribution in [0, 0.1) is 0 Å². The topological polar surface area (TPSA) is 88.6 Å². The van der Waals surface area contributed by atoms with Crippen molar-refractivity contribution in [1.82, 2.24) is 19.5 Å². The molecule has 3 heterocycles. The monoisotopic (exact) mass is 374 g/mol. The lowest BCUT2D eigenvalue weighted by molar-refractivity contribution is -0.125. The third-order valence-electron chi connectivity index (χ3n) is 4.86. The molecule has 1 aliphatic carbocycles. The number of carbonyl (C=O) groups is 1. The predicted octanol–water partition coefficient (Wildman–Crippen LogP) is 1.86. The first-order valence-electron chi connectivity index (χ1n) is 8.76. The van der Waals surface area contributed by atoms with Crippen LogP contribution in [0.1, 0.15) is 45.4 Å². The number of carbonyl (C=O) groups excluding carboxylic acids is 1. The molecular formula is C18H22N4O3S. The third-order valence-corrected chi connectivity index (χ3v) is 5.78. The van der Waals surface area contributed by atoms with Crippen molar-refractivity contribution in [2.45, 2.75) is 57.7 Å². The summed E-state index contributed by atoms with van der Waals surface area (Å²) in [6.45, 7) is 5.68. The molecular weight excluding hydrogens is 352 g/mol. The van der Waals surface area contributed by atoms with Crippen LogP contribution >= 0.6 is 11.3 Å². The zero-order valence-corrected chi connectivity index (χ0v) is 15.8. The molecule has 138 valence electrons. The largest absolute Gasteiger partial charge is 0.390 e. The summed E-state index contributed by atoms with van der Waals surface area (Å²) in [6, 6.07) is 3.80. The Morgan fingerprint density at radius 2 is 2.23 bits per heavy atom. The summed E-state index contributed by atoms with van der Waals surface area (Å²) in [7, 11) is 0. The quantitative estimate of drug-likeness (QED) is 0.730. The highest BCUT2D eigenvalue weighted by Crippen LogP contribution is 2.31. The van der Waals surface area contributed by atoms with Crippen LogP contribution in [0.4, 0.5) is 0 Å². The molecule has 0 spiro atoms. The number of hydrogen-bond donors (Lipinski definition) is 2. The molecule has 1 fully saturated rings. The van der Waals surface area contributed by atoms with Gasteiger partial charge in [-0.15, -0.1) is 11.3 Å². The molecule has 3 aromatic rings. The predicted molar refractivity (Wildman–Crippen MR) is 101 cm³/mol. The molecule has 0 atom stereocenters. The Bertz CT molecular complexity index is 1050. The van der Waals surface area contributed by atoms with Crippen LogP contribution in [-0.4, -0.2) is 36.8 Å². The van der Waals surface area contributed by atoms with Crippen LogP contribution in [-0.2, 0) is 11.3 Å². The van der Waals surface area contributed by atoms with Crippen molar-refractivity contribution in [2.75, 3.05) is 0 Å².